The van der Waals surface area contributed by atoms with Gasteiger partial charge in [-0.1, -0.05) is 72.8 Å². The Morgan fingerprint density at radius 3 is 1.59 bits per heavy atom. The van der Waals surface area contributed by atoms with Crippen LogP contribution in [0.15, 0.2) is 72.8 Å². The van der Waals surface area contributed by atoms with Gasteiger partial charge in [-0.25, -0.2) is 0 Å². The highest BCUT2D eigenvalue weighted by Crippen LogP contribution is 2.49. The summed E-state index contributed by atoms with van der Waals surface area (Å²) in [6.45, 7) is 0.249. The molecule has 4 nitrogen and oxygen atoms in total. The Hall–Kier alpha value is -2.72. The lowest BCUT2D eigenvalue weighted by Crippen LogP contribution is -2.33. The highest BCUT2D eigenvalue weighted by atomic mass is 16.3. The minimum Gasteiger partial charge on any atom is -0.396 e. The van der Waals surface area contributed by atoms with E-state index in [2.05, 4.69) is 12.2 Å². The number of aliphatic hydroxyl groups excluding tert-OH is 1. The molecule has 0 radical (unpaired) electrons. The Morgan fingerprint density at radius 1 is 0.741 bits per heavy atom. The molecule has 4 heteroatoms. The second kappa shape index (κ2) is 7.49. The van der Waals surface area contributed by atoms with Gasteiger partial charge >= 0.3 is 0 Å². The summed E-state index contributed by atoms with van der Waals surface area (Å²) in [6, 6.07) is 19.8. The number of rotatable bonds is 5. The van der Waals surface area contributed by atoms with Crippen LogP contribution in [0.25, 0.3) is 0 Å². The minimum absolute atomic E-state index is 0.0329. The Morgan fingerprint density at radius 2 is 1.19 bits per heavy atom. The fraction of sp³-hybridized carbons (Fsp3) is 0.304. The van der Waals surface area contributed by atoms with Crippen LogP contribution in [-0.2, 0) is 9.59 Å². The van der Waals surface area contributed by atoms with Crippen molar-refractivity contribution >= 4 is 11.8 Å². The van der Waals surface area contributed by atoms with Crippen LogP contribution in [0.3, 0.4) is 0 Å². The molecule has 2 aliphatic rings. The Kier molecular flexibility index (Phi) is 4.90. The zero-order chi connectivity index (χ0) is 18.8. The molecule has 2 aromatic rings. The minimum atomic E-state index is -0.395. The summed E-state index contributed by atoms with van der Waals surface area (Å²) in [5.74, 6) is -1.23. The molecular weight excluding hydrogens is 338 g/mol. The molecule has 138 valence electrons. The van der Waals surface area contributed by atoms with E-state index in [9.17, 15) is 9.59 Å². The largest absolute Gasteiger partial charge is 0.396 e. The number of carbonyl (C=O) groups excluding carboxylic acids is 2. The van der Waals surface area contributed by atoms with Crippen molar-refractivity contribution < 1.29 is 14.7 Å². The maximum Gasteiger partial charge on any atom is 0.234 e. The van der Waals surface area contributed by atoms with E-state index in [0.29, 0.717) is 6.42 Å². The smallest absolute Gasteiger partial charge is 0.234 e. The zero-order valence-corrected chi connectivity index (χ0v) is 15.1. The highest BCUT2D eigenvalue weighted by molar-refractivity contribution is 6.06. The van der Waals surface area contributed by atoms with Crippen LogP contribution in [0.2, 0.25) is 0 Å². The van der Waals surface area contributed by atoms with E-state index < -0.39 is 11.8 Å². The quantitative estimate of drug-likeness (QED) is 0.658. The predicted octanol–water partition coefficient (Wildman–Crippen LogP) is 3.11. The van der Waals surface area contributed by atoms with Crippen molar-refractivity contribution in [1.29, 1.82) is 0 Å². The molecule has 1 aliphatic heterocycles. The molecule has 4 atom stereocenters. The fourth-order valence-corrected chi connectivity index (χ4v) is 4.45. The molecule has 1 heterocycles. The van der Waals surface area contributed by atoms with E-state index in [1.165, 1.54) is 4.90 Å². The van der Waals surface area contributed by atoms with Crippen LogP contribution < -0.4 is 0 Å². The summed E-state index contributed by atoms with van der Waals surface area (Å²) in [5.41, 5.74) is 2.11. The summed E-state index contributed by atoms with van der Waals surface area (Å²) >= 11 is 0. The van der Waals surface area contributed by atoms with E-state index in [1.807, 2.05) is 60.7 Å². The SMILES string of the molecule is O=C1[C@H]2[C@H](C(=O)N1CCCO)[C@@H](c1ccccc1)C=C[C@@H]2c1ccccc1. The summed E-state index contributed by atoms with van der Waals surface area (Å²) in [4.78, 5) is 27.8. The number of imide groups is 1. The van der Waals surface area contributed by atoms with Gasteiger partial charge in [0.05, 0.1) is 11.8 Å². The van der Waals surface area contributed by atoms with Gasteiger partial charge in [0.15, 0.2) is 0 Å². The predicted molar refractivity (Wildman–Crippen MR) is 103 cm³/mol. The molecule has 1 aliphatic carbocycles. The van der Waals surface area contributed by atoms with E-state index in [4.69, 9.17) is 5.11 Å². The van der Waals surface area contributed by atoms with Crippen LogP contribution in [0, 0.1) is 11.8 Å². The molecule has 2 amide bonds. The third-order valence-electron chi connectivity index (χ3n) is 5.70. The lowest BCUT2D eigenvalue weighted by atomic mass is 9.68. The lowest BCUT2D eigenvalue weighted by molar-refractivity contribution is -0.140. The first kappa shape index (κ1) is 17.7. The zero-order valence-electron chi connectivity index (χ0n) is 15.1. The first-order valence-electron chi connectivity index (χ1n) is 9.46. The van der Waals surface area contributed by atoms with E-state index in [-0.39, 0.29) is 36.8 Å². The van der Waals surface area contributed by atoms with E-state index in [1.54, 1.807) is 0 Å². The van der Waals surface area contributed by atoms with Crippen molar-refractivity contribution in [3.8, 4) is 0 Å². The van der Waals surface area contributed by atoms with Crippen molar-refractivity contribution in [2.24, 2.45) is 11.8 Å². The molecule has 0 spiro atoms. The average Bonchev–Trinajstić information content (AvgIpc) is 2.98. The Labute approximate surface area is 159 Å². The number of benzene rings is 2. The Balaban J connectivity index is 1.77. The van der Waals surface area contributed by atoms with Crippen molar-refractivity contribution in [3.63, 3.8) is 0 Å². The average molecular weight is 361 g/mol. The molecule has 1 saturated heterocycles. The summed E-state index contributed by atoms with van der Waals surface area (Å²) < 4.78 is 0. The van der Waals surface area contributed by atoms with Gasteiger partial charge in [0.1, 0.15) is 0 Å². The number of fused-ring (bicyclic) bond motifs is 1. The molecule has 27 heavy (non-hydrogen) atoms. The number of carbonyl (C=O) groups is 2. The van der Waals surface area contributed by atoms with Crippen LogP contribution in [-0.4, -0.2) is 35.0 Å². The number of likely N-dealkylation sites (tertiary alicyclic amines) is 1. The first-order valence-corrected chi connectivity index (χ1v) is 9.46. The van der Waals surface area contributed by atoms with Crippen molar-refractivity contribution in [3.05, 3.63) is 83.9 Å². The van der Waals surface area contributed by atoms with Crippen LogP contribution in [0.4, 0.5) is 0 Å². The van der Waals surface area contributed by atoms with E-state index >= 15 is 0 Å². The molecule has 0 unspecified atom stereocenters. The van der Waals surface area contributed by atoms with E-state index in [0.717, 1.165) is 11.1 Å². The summed E-state index contributed by atoms with van der Waals surface area (Å²) in [5, 5.41) is 9.16. The number of hydrogen-bond donors (Lipinski definition) is 1. The fourth-order valence-electron chi connectivity index (χ4n) is 4.45. The van der Waals surface area contributed by atoms with Crippen LogP contribution in [0.5, 0.6) is 0 Å². The van der Waals surface area contributed by atoms with Crippen LogP contribution >= 0.6 is 0 Å². The van der Waals surface area contributed by atoms with Gasteiger partial charge in [-0.3, -0.25) is 14.5 Å². The third-order valence-corrected chi connectivity index (χ3v) is 5.70. The first-order chi connectivity index (χ1) is 13.2. The molecule has 1 N–H and O–H groups in total. The second-order valence-corrected chi connectivity index (χ2v) is 7.21. The maximum absolute atomic E-state index is 13.2. The molecular formula is C23H23NO3. The molecule has 4 rings (SSSR count). The second-order valence-electron chi connectivity index (χ2n) is 7.21. The van der Waals surface area contributed by atoms with Crippen molar-refractivity contribution in [2.45, 2.75) is 18.3 Å². The topological polar surface area (TPSA) is 57.6 Å². The van der Waals surface area contributed by atoms with Crippen molar-refractivity contribution in [2.75, 3.05) is 13.2 Å². The molecule has 0 bridgehead atoms. The van der Waals surface area contributed by atoms with Crippen molar-refractivity contribution in [1.82, 2.24) is 4.90 Å². The number of aliphatic hydroxyl groups is 1. The molecule has 0 aromatic heterocycles. The van der Waals surface area contributed by atoms with Gasteiger partial charge in [-0.05, 0) is 17.5 Å². The maximum atomic E-state index is 13.2. The number of amides is 2. The number of nitrogens with zero attached hydrogens (tertiary/aromatic N) is 1. The van der Waals surface area contributed by atoms with Gasteiger partial charge in [0, 0.05) is 25.0 Å². The van der Waals surface area contributed by atoms with Gasteiger partial charge in [-0.15, -0.1) is 0 Å². The molecule has 2 aromatic carbocycles. The third kappa shape index (κ3) is 3.10. The van der Waals surface area contributed by atoms with Gasteiger partial charge in [0.2, 0.25) is 11.8 Å². The van der Waals surface area contributed by atoms with Gasteiger partial charge in [0.25, 0.3) is 0 Å². The lowest BCUT2D eigenvalue weighted by Gasteiger charge is -2.32. The normalized spacial score (nSPS) is 27.1. The molecule has 1 fully saturated rings. The van der Waals surface area contributed by atoms with Gasteiger partial charge < -0.3 is 5.11 Å². The van der Waals surface area contributed by atoms with Gasteiger partial charge in [-0.2, -0.15) is 0 Å². The Bertz CT molecular complexity index is 779. The highest BCUT2D eigenvalue weighted by Gasteiger charge is 2.54. The number of allylic oxidation sites excluding steroid dienone is 2. The van der Waals surface area contributed by atoms with Crippen LogP contribution in [0.1, 0.15) is 29.4 Å². The summed E-state index contributed by atoms with van der Waals surface area (Å²) in [7, 11) is 0. The monoisotopic (exact) mass is 361 g/mol. The standard InChI is InChI=1S/C23H23NO3/c25-15-7-14-24-22(26)20-18(16-8-3-1-4-9-16)12-13-19(21(20)23(24)27)17-10-5-2-6-11-17/h1-6,8-13,18-21,25H,7,14-15H2/t18-,19-,20-,21-/m1/s1. The molecule has 0 saturated carbocycles. The number of hydrogen-bond acceptors (Lipinski definition) is 3. The summed E-state index contributed by atoms with van der Waals surface area (Å²) in [6.07, 6.45) is 4.60.